The van der Waals surface area contributed by atoms with Crippen molar-refractivity contribution >= 4 is 27.5 Å². The second-order valence-electron chi connectivity index (χ2n) is 6.39. The second kappa shape index (κ2) is 6.87. The summed E-state index contributed by atoms with van der Waals surface area (Å²) in [4.78, 5) is 12.4. The average molecular weight is 431 g/mol. The first-order valence-corrected chi connectivity index (χ1v) is 9.81. The normalized spacial score (nSPS) is 20.6. The van der Waals surface area contributed by atoms with Crippen LogP contribution < -0.4 is 0 Å². The fraction of sp³-hybridized carbons (Fsp3) is 0.533. The maximum atomic E-state index is 13.8. The highest BCUT2D eigenvalue weighted by atomic mass is 35.5. The fourth-order valence-corrected chi connectivity index (χ4v) is 4.83. The van der Waals surface area contributed by atoms with E-state index in [-0.39, 0.29) is 44.6 Å². The maximum Gasteiger partial charge on any atom is 0.419 e. The van der Waals surface area contributed by atoms with E-state index in [2.05, 4.69) is 0 Å². The summed E-state index contributed by atoms with van der Waals surface area (Å²) >= 11 is 5.47. The van der Waals surface area contributed by atoms with Crippen molar-refractivity contribution < 1.29 is 35.5 Å². The summed E-state index contributed by atoms with van der Waals surface area (Å²) in [5.41, 5.74) is -2.42. The number of carbonyl (C=O) groups excluding carboxylic acids is 1. The number of nitrogens with zero attached hydrogens (tertiary/aromatic N) is 2. The first kappa shape index (κ1) is 20.3. The molecule has 2 aliphatic heterocycles. The number of alkyl halides is 4. The molecule has 1 aromatic rings. The predicted octanol–water partition coefficient (Wildman–Crippen LogP) is 1.69. The van der Waals surface area contributed by atoms with Gasteiger partial charge in [-0.3, -0.25) is 4.79 Å². The molecule has 0 N–H and O–H groups in total. The van der Waals surface area contributed by atoms with Gasteiger partial charge in [0.25, 0.3) is 0 Å². The summed E-state index contributed by atoms with van der Waals surface area (Å²) in [5.74, 6) is -2.17. The number of hydrogen-bond acceptors (Lipinski definition) is 4. The number of carbonyl (C=O) groups is 1. The zero-order valence-corrected chi connectivity index (χ0v) is 15.4. The lowest BCUT2D eigenvalue weighted by Gasteiger charge is -2.53. The number of amides is 1. The smallest absolute Gasteiger partial charge is 0.369 e. The lowest BCUT2D eigenvalue weighted by Crippen LogP contribution is -2.71. The van der Waals surface area contributed by atoms with Crippen LogP contribution in [0.5, 0.6) is 0 Å². The van der Waals surface area contributed by atoms with Crippen LogP contribution in [0.3, 0.4) is 0 Å². The van der Waals surface area contributed by atoms with Gasteiger partial charge in [0.1, 0.15) is 17.3 Å². The highest BCUT2D eigenvalue weighted by Gasteiger charge is 2.51. The van der Waals surface area contributed by atoms with Gasteiger partial charge < -0.3 is 9.64 Å². The van der Waals surface area contributed by atoms with Crippen molar-refractivity contribution in [2.75, 3.05) is 38.7 Å². The molecule has 1 spiro atoms. The molecule has 2 aliphatic rings. The monoisotopic (exact) mass is 430 g/mol. The molecule has 0 unspecified atom stereocenters. The van der Waals surface area contributed by atoms with E-state index in [0.29, 0.717) is 12.1 Å². The van der Waals surface area contributed by atoms with E-state index in [1.807, 2.05) is 0 Å². The van der Waals surface area contributed by atoms with E-state index in [1.54, 1.807) is 0 Å². The van der Waals surface area contributed by atoms with E-state index in [0.717, 1.165) is 10.4 Å². The fourth-order valence-electron chi connectivity index (χ4n) is 3.15. The van der Waals surface area contributed by atoms with Crippen LogP contribution in [-0.2, 0) is 25.7 Å². The molecule has 0 radical (unpaired) electrons. The van der Waals surface area contributed by atoms with Crippen molar-refractivity contribution in [3.63, 3.8) is 0 Å². The number of rotatable bonds is 3. The van der Waals surface area contributed by atoms with Gasteiger partial charge in [-0.2, -0.15) is 17.5 Å². The van der Waals surface area contributed by atoms with Crippen LogP contribution in [0.1, 0.15) is 5.56 Å². The summed E-state index contributed by atoms with van der Waals surface area (Å²) in [6.07, 6.45) is -4.92. The van der Waals surface area contributed by atoms with Gasteiger partial charge in [0.15, 0.2) is 0 Å². The molecule has 0 atom stereocenters. The first-order valence-electron chi connectivity index (χ1n) is 7.83. The van der Waals surface area contributed by atoms with Gasteiger partial charge in [-0.15, -0.1) is 11.6 Å². The molecule has 2 fully saturated rings. The molecule has 0 bridgehead atoms. The molecule has 1 amide bonds. The standard InChI is InChI=1S/C15H15ClF4N2O4S/c16-6-13(23)21-7-14(8-21)9-22(3-4-26-14)27(24,25)10-1-2-11(12(17)5-10)15(18,19)20/h1-2,5H,3-4,6-9H2. The third-order valence-electron chi connectivity index (χ3n) is 4.52. The summed E-state index contributed by atoms with van der Waals surface area (Å²) in [6.45, 7) is 0.239. The Bertz CT molecular complexity index is 856. The molecule has 0 saturated carbocycles. The molecular weight excluding hydrogens is 416 g/mol. The molecule has 150 valence electrons. The lowest BCUT2D eigenvalue weighted by atomic mass is 9.92. The average Bonchev–Trinajstić information content (AvgIpc) is 2.57. The lowest BCUT2D eigenvalue weighted by molar-refractivity contribution is -0.181. The van der Waals surface area contributed by atoms with Crippen LogP contribution in [0.25, 0.3) is 0 Å². The van der Waals surface area contributed by atoms with Crippen molar-refractivity contribution in [2.24, 2.45) is 0 Å². The largest absolute Gasteiger partial charge is 0.419 e. The SMILES string of the molecule is O=C(CCl)N1CC2(C1)CN(S(=O)(=O)c1ccc(C(F)(F)F)c(F)c1)CCO2. The van der Waals surface area contributed by atoms with Crippen LogP contribution in [0.15, 0.2) is 23.1 Å². The minimum atomic E-state index is -4.92. The van der Waals surface area contributed by atoms with Gasteiger partial charge in [0.2, 0.25) is 15.9 Å². The first-order chi connectivity index (χ1) is 12.5. The summed E-state index contributed by atoms with van der Waals surface area (Å²) in [7, 11) is -4.22. The Morgan fingerprint density at radius 2 is 1.93 bits per heavy atom. The van der Waals surface area contributed by atoms with Crippen molar-refractivity contribution in [2.45, 2.75) is 16.7 Å². The van der Waals surface area contributed by atoms with Gasteiger partial charge >= 0.3 is 6.18 Å². The number of sulfonamides is 1. The van der Waals surface area contributed by atoms with Gasteiger partial charge in [-0.25, -0.2) is 12.8 Å². The quantitative estimate of drug-likeness (QED) is 0.540. The van der Waals surface area contributed by atoms with E-state index in [1.165, 1.54) is 4.90 Å². The number of hydrogen-bond donors (Lipinski definition) is 0. The minimum absolute atomic E-state index is 0.0316. The molecular formula is C15H15ClF4N2O4S. The van der Waals surface area contributed by atoms with Gasteiger partial charge in [0.05, 0.1) is 30.2 Å². The van der Waals surface area contributed by atoms with E-state index >= 15 is 0 Å². The topological polar surface area (TPSA) is 66.9 Å². The predicted molar refractivity (Wildman–Crippen MR) is 86.1 cm³/mol. The minimum Gasteiger partial charge on any atom is -0.369 e. The van der Waals surface area contributed by atoms with Crippen LogP contribution in [0.4, 0.5) is 17.6 Å². The van der Waals surface area contributed by atoms with Crippen molar-refractivity contribution in [1.29, 1.82) is 0 Å². The molecule has 0 aliphatic carbocycles. The number of benzene rings is 1. The third-order valence-corrected chi connectivity index (χ3v) is 6.59. The molecule has 2 heterocycles. The molecule has 1 aromatic carbocycles. The van der Waals surface area contributed by atoms with Crippen molar-refractivity contribution in [3.8, 4) is 0 Å². The highest BCUT2D eigenvalue weighted by Crippen LogP contribution is 2.35. The van der Waals surface area contributed by atoms with Gasteiger partial charge in [0, 0.05) is 13.1 Å². The molecule has 0 aromatic heterocycles. The maximum absolute atomic E-state index is 13.8. The molecule has 6 nitrogen and oxygen atoms in total. The number of halogens is 5. The second-order valence-corrected chi connectivity index (χ2v) is 8.60. The van der Waals surface area contributed by atoms with Crippen LogP contribution >= 0.6 is 11.6 Å². The van der Waals surface area contributed by atoms with Crippen molar-refractivity contribution in [1.82, 2.24) is 9.21 Å². The summed E-state index contributed by atoms with van der Waals surface area (Å²) in [6, 6.07) is 1.50. The van der Waals surface area contributed by atoms with E-state index in [4.69, 9.17) is 16.3 Å². The zero-order valence-electron chi connectivity index (χ0n) is 13.8. The Labute approximate surface area is 157 Å². The van der Waals surface area contributed by atoms with E-state index in [9.17, 15) is 30.8 Å². The zero-order chi connectivity index (χ0) is 20.0. The highest BCUT2D eigenvalue weighted by molar-refractivity contribution is 7.89. The summed E-state index contributed by atoms with van der Waals surface area (Å²) in [5, 5.41) is 0. The number of morpholine rings is 1. The van der Waals surface area contributed by atoms with E-state index < -0.39 is 38.1 Å². The third kappa shape index (κ3) is 3.78. The molecule has 3 rings (SSSR count). The molecule has 27 heavy (non-hydrogen) atoms. The van der Waals surface area contributed by atoms with Crippen LogP contribution in [-0.4, -0.2) is 67.8 Å². The Morgan fingerprint density at radius 1 is 1.26 bits per heavy atom. The molecule has 12 heteroatoms. The summed E-state index contributed by atoms with van der Waals surface area (Å²) < 4.78 is 83.8. The Morgan fingerprint density at radius 3 is 2.48 bits per heavy atom. The molecule has 2 saturated heterocycles. The Kier molecular flexibility index (Phi) is 5.17. The van der Waals surface area contributed by atoms with Crippen LogP contribution in [0.2, 0.25) is 0 Å². The number of likely N-dealkylation sites (tertiary alicyclic amines) is 1. The Balaban J connectivity index is 1.79. The van der Waals surface area contributed by atoms with Gasteiger partial charge in [-0.05, 0) is 18.2 Å². The van der Waals surface area contributed by atoms with Crippen molar-refractivity contribution in [3.05, 3.63) is 29.6 Å². The Hall–Kier alpha value is -1.43. The van der Waals surface area contributed by atoms with Crippen LogP contribution in [0, 0.1) is 5.82 Å². The number of ether oxygens (including phenoxy) is 1. The van der Waals surface area contributed by atoms with Gasteiger partial charge in [-0.1, -0.05) is 0 Å².